The molecule has 1 aliphatic rings. The molecule has 1 fully saturated rings. The van der Waals surface area contributed by atoms with Crippen molar-refractivity contribution in [1.29, 1.82) is 0 Å². The number of aryl methyl sites for hydroxylation is 1. The third kappa shape index (κ3) is 4.56. The average molecular weight is 455 g/mol. The second kappa shape index (κ2) is 9.55. The maximum atomic E-state index is 12.9. The van der Waals surface area contributed by atoms with Crippen LogP contribution in [0.2, 0.25) is 0 Å². The molecule has 1 aliphatic heterocycles. The molecule has 6 heteroatoms. The van der Waals surface area contributed by atoms with E-state index in [9.17, 15) is 4.79 Å². The number of carbonyl (C=O) groups is 1. The van der Waals surface area contributed by atoms with Gasteiger partial charge in [-0.2, -0.15) is 0 Å². The second-order valence-electron chi connectivity index (χ2n) is 8.32. The van der Waals surface area contributed by atoms with Crippen LogP contribution >= 0.6 is 22.7 Å². The number of likely N-dealkylation sites (tertiary alicyclic amines) is 1. The van der Waals surface area contributed by atoms with Crippen LogP contribution < -0.4 is 10.1 Å². The van der Waals surface area contributed by atoms with Gasteiger partial charge < -0.3 is 10.1 Å². The fourth-order valence-corrected chi connectivity index (χ4v) is 6.06. The van der Waals surface area contributed by atoms with E-state index in [1.165, 1.54) is 40.2 Å². The van der Waals surface area contributed by atoms with Gasteiger partial charge in [0.2, 0.25) is 0 Å². The molecule has 0 spiro atoms. The number of benzene rings is 1. The lowest BCUT2D eigenvalue weighted by Gasteiger charge is -2.38. The van der Waals surface area contributed by atoms with Crippen LogP contribution in [0, 0.1) is 19.8 Å². The number of thiophene rings is 2. The highest BCUT2D eigenvalue weighted by Gasteiger charge is 2.33. The van der Waals surface area contributed by atoms with Gasteiger partial charge in [0.05, 0.1) is 18.0 Å². The first-order chi connectivity index (χ1) is 15.0. The van der Waals surface area contributed by atoms with Gasteiger partial charge in [-0.15, -0.1) is 22.7 Å². The number of ether oxygens (including phenoxy) is 1. The lowest BCUT2D eigenvalue weighted by Crippen LogP contribution is -2.37. The van der Waals surface area contributed by atoms with Crippen LogP contribution in [0.3, 0.4) is 0 Å². The Morgan fingerprint density at radius 1 is 1.16 bits per heavy atom. The second-order valence-corrected chi connectivity index (χ2v) is 10.5. The molecule has 0 unspecified atom stereocenters. The van der Waals surface area contributed by atoms with E-state index in [0.29, 0.717) is 0 Å². The maximum Gasteiger partial charge on any atom is 0.266 e. The monoisotopic (exact) mass is 454 g/mol. The molecule has 1 saturated heterocycles. The van der Waals surface area contributed by atoms with Crippen LogP contribution in [0.1, 0.15) is 57.0 Å². The van der Waals surface area contributed by atoms with Gasteiger partial charge in [-0.25, -0.2) is 0 Å². The van der Waals surface area contributed by atoms with Crippen LogP contribution in [0.4, 0.5) is 5.00 Å². The molecular formula is C25H30N2O2S2. The third-order valence-electron chi connectivity index (χ3n) is 6.29. The molecule has 0 radical (unpaired) electrons. The van der Waals surface area contributed by atoms with Gasteiger partial charge in [-0.1, -0.05) is 31.2 Å². The highest BCUT2D eigenvalue weighted by atomic mass is 32.1. The Kier molecular flexibility index (Phi) is 6.80. The van der Waals surface area contributed by atoms with Gasteiger partial charge in [0.25, 0.3) is 5.91 Å². The molecule has 2 aromatic heterocycles. The van der Waals surface area contributed by atoms with Crippen LogP contribution in [-0.4, -0.2) is 31.0 Å². The number of hydrogen-bond donors (Lipinski definition) is 1. The summed E-state index contributed by atoms with van der Waals surface area (Å²) in [5.41, 5.74) is 3.61. The van der Waals surface area contributed by atoms with E-state index in [-0.39, 0.29) is 11.9 Å². The van der Waals surface area contributed by atoms with Crippen molar-refractivity contribution in [3.05, 3.63) is 68.2 Å². The predicted molar refractivity (Wildman–Crippen MR) is 131 cm³/mol. The molecule has 0 aliphatic carbocycles. The molecule has 1 N–H and O–H groups in total. The van der Waals surface area contributed by atoms with Crippen LogP contribution in [0.15, 0.2) is 41.8 Å². The Labute approximate surface area is 192 Å². The van der Waals surface area contributed by atoms with E-state index in [4.69, 9.17) is 4.74 Å². The fourth-order valence-electron chi connectivity index (χ4n) is 4.35. The first kappa shape index (κ1) is 22.1. The molecule has 4 nitrogen and oxygen atoms in total. The van der Waals surface area contributed by atoms with E-state index in [2.05, 4.69) is 43.1 Å². The molecule has 3 heterocycles. The third-order valence-corrected chi connectivity index (χ3v) is 8.30. The molecule has 1 aromatic carbocycles. The van der Waals surface area contributed by atoms with E-state index < -0.39 is 0 Å². The summed E-state index contributed by atoms with van der Waals surface area (Å²) in [6.45, 7) is 8.73. The van der Waals surface area contributed by atoms with E-state index >= 15 is 0 Å². The summed E-state index contributed by atoms with van der Waals surface area (Å²) in [6.07, 6.45) is 2.37. The van der Waals surface area contributed by atoms with Gasteiger partial charge in [-0.3, -0.25) is 9.69 Å². The van der Waals surface area contributed by atoms with Crippen molar-refractivity contribution in [2.45, 2.75) is 39.7 Å². The minimum Gasteiger partial charge on any atom is -0.496 e. The molecule has 3 aromatic rings. The molecular weight excluding hydrogens is 424 g/mol. The number of hydrogen-bond acceptors (Lipinski definition) is 5. The highest BCUT2D eigenvalue weighted by molar-refractivity contribution is 7.17. The zero-order chi connectivity index (χ0) is 22.0. The first-order valence-electron chi connectivity index (χ1n) is 10.8. The van der Waals surface area contributed by atoms with E-state index in [1.54, 1.807) is 18.4 Å². The summed E-state index contributed by atoms with van der Waals surface area (Å²) in [5, 5.41) is 6.12. The molecule has 0 bridgehead atoms. The van der Waals surface area contributed by atoms with Crippen LogP contribution in [0.5, 0.6) is 5.75 Å². The Balaban J connectivity index is 1.80. The van der Waals surface area contributed by atoms with Crippen molar-refractivity contribution in [3.8, 4) is 5.75 Å². The lowest BCUT2D eigenvalue weighted by molar-refractivity contribution is 0.103. The first-order valence-corrected chi connectivity index (χ1v) is 12.5. The van der Waals surface area contributed by atoms with Crippen molar-refractivity contribution in [1.82, 2.24) is 4.90 Å². The Bertz CT molecular complexity index is 1030. The zero-order valence-corrected chi connectivity index (χ0v) is 20.2. The number of anilines is 1. The normalized spacial score (nSPS) is 16.3. The summed E-state index contributed by atoms with van der Waals surface area (Å²) >= 11 is 3.14. The van der Waals surface area contributed by atoms with Crippen molar-refractivity contribution < 1.29 is 9.53 Å². The largest absolute Gasteiger partial charge is 0.496 e. The fraction of sp³-hybridized carbons (Fsp3) is 0.400. The molecule has 4 rings (SSSR count). The number of piperidine rings is 1. The summed E-state index contributed by atoms with van der Waals surface area (Å²) in [5.74, 6) is 1.60. The van der Waals surface area contributed by atoms with Crippen molar-refractivity contribution in [2.24, 2.45) is 5.92 Å². The summed E-state index contributed by atoms with van der Waals surface area (Å²) < 4.78 is 5.78. The average Bonchev–Trinajstić information content (AvgIpc) is 3.40. The van der Waals surface area contributed by atoms with Crippen LogP contribution in [-0.2, 0) is 0 Å². The molecule has 1 atom stereocenters. The molecule has 1 amide bonds. The van der Waals surface area contributed by atoms with Gasteiger partial charge in [0, 0.05) is 16.0 Å². The van der Waals surface area contributed by atoms with Gasteiger partial charge in [-0.05, 0) is 68.8 Å². The topological polar surface area (TPSA) is 41.6 Å². The number of rotatable bonds is 6. The number of nitrogens with zero attached hydrogens (tertiary/aromatic N) is 1. The molecule has 31 heavy (non-hydrogen) atoms. The number of amides is 1. The smallest absolute Gasteiger partial charge is 0.266 e. The van der Waals surface area contributed by atoms with Crippen molar-refractivity contribution >= 4 is 33.6 Å². The van der Waals surface area contributed by atoms with Crippen molar-refractivity contribution in [2.75, 3.05) is 25.5 Å². The lowest BCUT2D eigenvalue weighted by atomic mass is 9.90. The van der Waals surface area contributed by atoms with Gasteiger partial charge in [0.1, 0.15) is 10.8 Å². The Hall–Kier alpha value is -2.15. The zero-order valence-electron chi connectivity index (χ0n) is 18.6. The Morgan fingerprint density at radius 2 is 1.90 bits per heavy atom. The number of nitrogens with one attached hydrogen (secondary N) is 1. The quantitative estimate of drug-likeness (QED) is 0.462. The van der Waals surface area contributed by atoms with E-state index in [0.717, 1.165) is 40.2 Å². The maximum absolute atomic E-state index is 12.9. The van der Waals surface area contributed by atoms with Crippen LogP contribution in [0.25, 0.3) is 0 Å². The number of para-hydroxylation sites is 1. The molecule has 164 valence electrons. The minimum atomic E-state index is -0.0384. The summed E-state index contributed by atoms with van der Waals surface area (Å²) in [7, 11) is 1.74. The van der Waals surface area contributed by atoms with Gasteiger partial charge >= 0.3 is 0 Å². The SMILES string of the molecule is COc1ccccc1[C@H](c1c(NC(=O)c2cccs2)sc(C)c1C)N1CCC(C)CC1. The van der Waals surface area contributed by atoms with E-state index in [1.807, 2.05) is 29.6 Å². The summed E-state index contributed by atoms with van der Waals surface area (Å²) in [4.78, 5) is 17.4. The Morgan fingerprint density at radius 3 is 2.58 bits per heavy atom. The summed E-state index contributed by atoms with van der Waals surface area (Å²) in [6, 6.07) is 12.1. The van der Waals surface area contributed by atoms with Gasteiger partial charge in [0.15, 0.2) is 0 Å². The minimum absolute atomic E-state index is 0.0384. The standard InChI is InChI=1S/C25H30N2O2S2/c1-16-11-13-27(14-12-16)23(19-8-5-6-9-20(19)29-4)22-17(2)18(3)31-25(22)26-24(28)21-10-7-15-30-21/h5-10,15-16,23H,11-14H2,1-4H3,(H,26,28)/t23-/m1/s1. The predicted octanol–water partition coefficient (Wildman–Crippen LogP) is 6.51. The highest BCUT2D eigenvalue weighted by Crippen LogP contribution is 2.45. The number of methoxy groups -OCH3 is 1. The molecule has 0 saturated carbocycles. The number of carbonyl (C=O) groups excluding carboxylic acids is 1. The van der Waals surface area contributed by atoms with Crippen molar-refractivity contribution in [3.63, 3.8) is 0 Å².